The van der Waals surface area contributed by atoms with E-state index in [1.54, 1.807) is 14.2 Å². The zero-order valence-electron chi connectivity index (χ0n) is 17.8. The molecule has 5 heteroatoms. The Kier molecular flexibility index (Phi) is 6.27. The van der Waals surface area contributed by atoms with Gasteiger partial charge in [-0.2, -0.15) is 0 Å². The van der Waals surface area contributed by atoms with Gasteiger partial charge in [0, 0.05) is 6.07 Å². The highest BCUT2D eigenvalue weighted by Crippen LogP contribution is 2.36. The first-order chi connectivity index (χ1) is 12.5. The molecule has 2 aromatic rings. The topological polar surface area (TPSA) is 36.9 Å². The summed E-state index contributed by atoms with van der Waals surface area (Å²) >= 11 is 0. The van der Waals surface area contributed by atoms with E-state index in [-0.39, 0.29) is 0 Å². The smallest absolute Gasteiger partial charge is 0.232 e. The van der Waals surface area contributed by atoms with Crippen LogP contribution in [0.1, 0.15) is 33.3 Å². The van der Waals surface area contributed by atoms with Crippen LogP contribution in [0.3, 0.4) is 0 Å². The lowest BCUT2D eigenvalue weighted by atomic mass is 9.98. The summed E-state index contributed by atoms with van der Waals surface area (Å²) in [5, 5.41) is -0.449. The minimum Gasteiger partial charge on any atom is -0.497 e. The first-order valence-electron chi connectivity index (χ1n) is 9.18. The van der Waals surface area contributed by atoms with Crippen LogP contribution >= 0.6 is 0 Å². The minimum atomic E-state index is -2.29. The summed E-state index contributed by atoms with van der Waals surface area (Å²) in [6, 6.07) is 15.7. The molecule has 2 rings (SSSR count). The van der Waals surface area contributed by atoms with Crippen LogP contribution < -0.4 is 14.2 Å². The molecule has 0 bridgehead atoms. The molecule has 0 heterocycles. The molecule has 0 unspecified atom stereocenters. The van der Waals surface area contributed by atoms with Gasteiger partial charge in [-0.1, -0.05) is 18.2 Å². The average molecular weight is 389 g/mol. The molecular formula is C22H32O4Si. The molecule has 148 valence electrons. The van der Waals surface area contributed by atoms with Crippen LogP contribution in [0.4, 0.5) is 0 Å². The third-order valence-corrected chi connectivity index (χ3v) is 9.16. The van der Waals surface area contributed by atoms with Gasteiger partial charge in [0.25, 0.3) is 0 Å². The Morgan fingerprint density at radius 2 is 1.26 bits per heavy atom. The van der Waals surface area contributed by atoms with E-state index in [4.69, 9.17) is 18.6 Å². The van der Waals surface area contributed by atoms with Gasteiger partial charge in [0.2, 0.25) is 8.32 Å². The molecular weight excluding hydrogens is 356 g/mol. The Balaban J connectivity index is 2.23. The van der Waals surface area contributed by atoms with E-state index in [0.717, 1.165) is 22.8 Å². The van der Waals surface area contributed by atoms with Gasteiger partial charge in [0.1, 0.15) is 22.5 Å². The predicted molar refractivity (Wildman–Crippen MR) is 112 cm³/mol. The van der Waals surface area contributed by atoms with Crippen molar-refractivity contribution in [2.75, 3.05) is 14.2 Å². The van der Waals surface area contributed by atoms with Crippen molar-refractivity contribution in [3.05, 3.63) is 54.1 Å². The lowest BCUT2D eigenvalue weighted by Crippen LogP contribution is -2.59. The van der Waals surface area contributed by atoms with Gasteiger partial charge in [0.05, 0.1) is 19.8 Å². The molecule has 0 amide bonds. The number of hydrogen-bond donors (Lipinski definition) is 0. The molecule has 0 aromatic heterocycles. The average Bonchev–Trinajstić information content (AvgIpc) is 2.60. The van der Waals surface area contributed by atoms with Crippen LogP contribution in [0.5, 0.6) is 17.2 Å². The fourth-order valence-corrected chi connectivity index (χ4v) is 4.90. The number of hydrogen-bond acceptors (Lipinski definition) is 4. The van der Waals surface area contributed by atoms with E-state index in [0.29, 0.717) is 0 Å². The van der Waals surface area contributed by atoms with Crippen molar-refractivity contribution in [1.29, 1.82) is 0 Å². The lowest BCUT2D eigenvalue weighted by molar-refractivity contribution is 0.0592. The van der Waals surface area contributed by atoms with Crippen molar-refractivity contribution in [3.63, 3.8) is 0 Å². The van der Waals surface area contributed by atoms with Crippen LogP contribution in [0, 0.1) is 0 Å². The summed E-state index contributed by atoms with van der Waals surface area (Å²) in [5.74, 6) is 2.39. The second-order valence-electron chi connectivity index (χ2n) is 8.15. The van der Waals surface area contributed by atoms with Crippen molar-refractivity contribution in [1.82, 2.24) is 0 Å². The Labute approximate surface area is 164 Å². The number of methoxy groups -OCH3 is 2. The Morgan fingerprint density at radius 3 is 1.85 bits per heavy atom. The third-order valence-electron chi connectivity index (χ3n) is 5.14. The van der Waals surface area contributed by atoms with Crippen molar-refractivity contribution in [2.45, 2.75) is 51.6 Å². The van der Waals surface area contributed by atoms with E-state index < -0.39 is 19.1 Å². The van der Waals surface area contributed by atoms with Gasteiger partial charge in [-0.05, 0) is 70.6 Å². The quantitative estimate of drug-likeness (QED) is 0.555. The summed E-state index contributed by atoms with van der Waals surface area (Å²) in [6.45, 7) is 12.8. The first kappa shape index (κ1) is 21.3. The molecule has 0 saturated heterocycles. The maximum absolute atomic E-state index is 6.73. The van der Waals surface area contributed by atoms with Gasteiger partial charge in [0.15, 0.2) is 0 Å². The van der Waals surface area contributed by atoms with Crippen molar-refractivity contribution < 1.29 is 18.6 Å². The zero-order valence-corrected chi connectivity index (χ0v) is 18.8. The fourth-order valence-electron chi connectivity index (χ4n) is 2.90. The maximum Gasteiger partial charge on any atom is 0.232 e. The largest absolute Gasteiger partial charge is 0.497 e. The third kappa shape index (κ3) is 5.05. The highest BCUT2D eigenvalue weighted by atomic mass is 28.4. The standard InChI is InChI=1S/C22H32O4Si/c1-21(2,17-11-9-12-18(15-17)23-5)26-27(7,8)22(3,4)25-20-14-10-13-19(16-20)24-6/h9-16H,1-8H3. The molecule has 0 fully saturated rings. The second kappa shape index (κ2) is 7.95. The van der Waals surface area contributed by atoms with Crippen LogP contribution in [-0.4, -0.2) is 27.8 Å². The second-order valence-corrected chi connectivity index (χ2v) is 12.6. The summed E-state index contributed by atoms with van der Waals surface area (Å²) < 4.78 is 23.8. The maximum atomic E-state index is 6.73. The van der Waals surface area contributed by atoms with Gasteiger partial charge >= 0.3 is 0 Å². The lowest BCUT2D eigenvalue weighted by Gasteiger charge is -2.44. The van der Waals surface area contributed by atoms with Crippen molar-refractivity contribution >= 4 is 8.32 Å². The van der Waals surface area contributed by atoms with E-state index in [2.05, 4.69) is 46.9 Å². The number of ether oxygens (including phenoxy) is 3. The molecule has 0 radical (unpaired) electrons. The molecule has 27 heavy (non-hydrogen) atoms. The molecule has 0 aliphatic carbocycles. The predicted octanol–water partition coefficient (Wildman–Crippen LogP) is 5.56. The molecule has 0 aliphatic heterocycles. The van der Waals surface area contributed by atoms with E-state index in [1.807, 2.05) is 42.5 Å². The monoisotopic (exact) mass is 388 g/mol. The van der Waals surface area contributed by atoms with E-state index in [9.17, 15) is 0 Å². The molecule has 0 atom stereocenters. The van der Waals surface area contributed by atoms with Gasteiger partial charge in [-0.3, -0.25) is 0 Å². The highest BCUT2D eigenvalue weighted by molar-refractivity contribution is 6.74. The Hall–Kier alpha value is -1.98. The zero-order chi connectivity index (χ0) is 20.3. The molecule has 0 saturated carbocycles. The molecule has 4 nitrogen and oxygen atoms in total. The van der Waals surface area contributed by atoms with Crippen LogP contribution in [-0.2, 0) is 10.0 Å². The summed E-state index contributed by atoms with van der Waals surface area (Å²) in [5.41, 5.74) is 0.624. The minimum absolute atomic E-state index is 0.449. The SMILES string of the molecule is COc1cccc(OC(C)(C)[Si](C)(C)OC(C)(C)c2cccc(OC)c2)c1. The molecule has 2 aromatic carbocycles. The molecule has 0 N–H and O–H groups in total. The van der Waals surface area contributed by atoms with Gasteiger partial charge in [-0.25, -0.2) is 0 Å². The summed E-state index contributed by atoms with van der Waals surface area (Å²) in [4.78, 5) is 0. The Morgan fingerprint density at radius 1 is 0.741 bits per heavy atom. The van der Waals surface area contributed by atoms with Gasteiger partial charge < -0.3 is 18.6 Å². The van der Waals surface area contributed by atoms with Gasteiger partial charge in [-0.15, -0.1) is 0 Å². The van der Waals surface area contributed by atoms with Crippen LogP contribution in [0.25, 0.3) is 0 Å². The Bertz CT molecular complexity index is 768. The number of benzene rings is 2. The van der Waals surface area contributed by atoms with Crippen LogP contribution in [0.2, 0.25) is 13.1 Å². The molecule has 0 spiro atoms. The van der Waals surface area contributed by atoms with E-state index >= 15 is 0 Å². The van der Waals surface area contributed by atoms with E-state index in [1.165, 1.54) is 0 Å². The number of rotatable bonds is 8. The fraction of sp³-hybridized carbons (Fsp3) is 0.455. The first-order valence-corrected chi connectivity index (χ1v) is 12.1. The van der Waals surface area contributed by atoms with Crippen molar-refractivity contribution in [2.24, 2.45) is 0 Å². The molecule has 0 aliphatic rings. The summed E-state index contributed by atoms with van der Waals surface area (Å²) in [7, 11) is 1.04. The van der Waals surface area contributed by atoms with Crippen molar-refractivity contribution in [3.8, 4) is 17.2 Å². The normalized spacial score (nSPS) is 12.6. The highest BCUT2D eigenvalue weighted by Gasteiger charge is 2.47. The summed E-state index contributed by atoms with van der Waals surface area (Å²) in [6.07, 6.45) is 0. The van der Waals surface area contributed by atoms with Crippen LogP contribution in [0.15, 0.2) is 48.5 Å².